The number of carbonyl (C=O) groups is 2. The third-order valence-electron chi connectivity index (χ3n) is 10.3. The van der Waals surface area contributed by atoms with Gasteiger partial charge in [-0.2, -0.15) is 0 Å². The number of rotatable bonds is 14. The second-order valence-electron chi connectivity index (χ2n) is 16.1. The van der Waals surface area contributed by atoms with Gasteiger partial charge in [0.05, 0.1) is 36.5 Å². The molecule has 5 aliphatic rings. The molecule has 84 heavy (non-hydrogen) atoms. The van der Waals surface area contributed by atoms with E-state index in [1.807, 2.05) is 0 Å². The minimum Gasteiger partial charge on any atom is -0.726 e. The first kappa shape index (κ1) is 95.3. The summed E-state index contributed by atoms with van der Waals surface area (Å²) in [4.78, 5) is 23.8. The van der Waals surface area contributed by atoms with E-state index in [1.165, 1.54) is 20.5 Å². The first-order valence-corrected chi connectivity index (χ1v) is 27.5. The van der Waals surface area contributed by atoms with E-state index in [-0.39, 0.29) is 154 Å². The van der Waals surface area contributed by atoms with Crippen LogP contribution in [0.2, 0.25) is 0 Å². The summed E-state index contributed by atoms with van der Waals surface area (Å²) in [6.45, 7) is 12.4. The van der Waals surface area contributed by atoms with Crippen molar-refractivity contribution in [1.29, 1.82) is 0 Å². The van der Waals surface area contributed by atoms with Crippen LogP contribution < -0.4 is 165 Å². The summed E-state index contributed by atoms with van der Waals surface area (Å²) in [5.74, 6) is -2.63. The zero-order chi connectivity index (χ0) is 61.8. The van der Waals surface area contributed by atoms with Crippen molar-refractivity contribution in [2.45, 2.75) is 148 Å². The fraction of sp³-hybridized carbons (Fsp3) is 0.812. The van der Waals surface area contributed by atoms with Crippen LogP contribution in [0.4, 0.5) is 0 Å². The molecule has 470 valence electrons. The molecule has 10 unspecified atom stereocenters. The minimum atomic E-state index is -5.63. The van der Waals surface area contributed by atoms with E-state index >= 15 is 0 Å². The fourth-order valence-corrected chi connectivity index (χ4v) is 7.47. The van der Waals surface area contributed by atoms with Crippen LogP contribution in [0.5, 0.6) is 0 Å². The summed E-state index contributed by atoms with van der Waals surface area (Å²) >= 11 is 0. The summed E-state index contributed by atoms with van der Waals surface area (Å²) in [6.07, 6.45) is -31.2. The van der Waals surface area contributed by atoms with Crippen LogP contribution in [-0.4, -0.2) is 275 Å². The first-order chi connectivity index (χ1) is 35.6. The molecule has 0 spiro atoms. The second kappa shape index (κ2) is 41.4. The Morgan fingerprint density at radius 2 is 0.940 bits per heavy atom. The molecule has 42 nitrogen and oxygen atoms in total. The van der Waals surface area contributed by atoms with Crippen molar-refractivity contribution in [1.82, 2.24) is 0 Å². The van der Waals surface area contributed by atoms with Crippen molar-refractivity contribution in [2.75, 3.05) is 7.11 Å². The topological polar surface area (TPSA) is 711 Å². The third kappa shape index (κ3) is 35.7. The van der Waals surface area contributed by atoms with Gasteiger partial charge in [0.2, 0.25) is 58.3 Å². The van der Waals surface area contributed by atoms with Crippen molar-refractivity contribution in [3.63, 3.8) is 0 Å². The molecule has 5 fully saturated rings. The van der Waals surface area contributed by atoms with Crippen molar-refractivity contribution in [3.05, 3.63) is 27.2 Å². The SMILES string of the molecule is O=S(=O)([O-])O.O=S(=O)([O-])O.O=S(=O)([O-])O.O=S(=O)([O-])O.[CH2-]C1O[C@@H](O[C@H]2C(OC=O)O[C@@H](O[C@H]3C([CH2-])O[C@@H](OC)C(N)[C@H]3O)C(OS(=O)(=O)[O-])[C@H]2O)C(N)[CH-][C@H]1O[C@@H]1OC(C(=O)O)[C@H](O[C@@H]2OC([CH2-])[C@H](O)[C@H](O)C2N)[C@H](O)C1C.[Na+].[Na+].[Na+].[Na+].[Na+]. The van der Waals surface area contributed by atoms with Crippen LogP contribution in [0.3, 0.4) is 0 Å². The molecular weight excluding hydrogens is 1330 g/mol. The van der Waals surface area contributed by atoms with Gasteiger partial charge in [-0.25, -0.2) is 46.9 Å². The molecule has 0 amide bonds. The smallest absolute Gasteiger partial charge is 0.726 e. The van der Waals surface area contributed by atoms with E-state index in [9.17, 15) is 53.2 Å². The van der Waals surface area contributed by atoms with E-state index in [0.717, 1.165) is 0 Å². The zero-order valence-corrected chi connectivity index (χ0v) is 58.8. The Balaban J connectivity index is -0.000000717. The normalized spacial score (nSPS) is 37.8. The molecule has 0 aromatic carbocycles. The Kier molecular flexibility index (Phi) is 47.0. The number of aliphatic hydroxyl groups is 5. The van der Waals surface area contributed by atoms with Crippen LogP contribution in [0.15, 0.2) is 0 Å². The molecular formula is C32H54N3Na5O39S5-4. The first-order valence-electron chi connectivity index (χ1n) is 20.7. The van der Waals surface area contributed by atoms with Gasteiger partial charge in [0.15, 0.2) is 43.5 Å². The molecule has 0 saturated carbocycles. The van der Waals surface area contributed by atoms with Crippen molar-refractivity contribution >= 4 is 64.4 Å². The van der Waals surface area contributed by atoms with Crippen LogP contribution >= 0.6 is 0 Å². The number of aliphatic hydroxyl groups excluding tert-OH is 5. The molecule has 0 radical (unpaired) electrons. The molecule has 0 aliphatic carbocycles. The molecule has 24 atom stereocenters. The average Bonchev–Trinajstić information content (AvgIpc) is 3.25. The van der Waals surface area contributed by atoms with Crippen LogP contribution in [0, 0.1) is 33.1 Å². The fourth-order valence-electron chi connectivity index (χ4n) is 6.99. The van der Waals surface area contributed by atoms with E-state index in [2.05, 4.69) is 25.0 Å². The van der Waals surface area contributed by atoms with E-state index in [1.54, 1.807) is 0 Å². The van der Waals surface area contributed by atoms with Crippen LogP contribution in [0.25, 0.3) is 0 Å². The number of carboxylic acids is 1. The molecule has 52 heteroatoms. The Morgan fingerprint density at radius 1 is 0.524 bits per heavy atom. The van der Waals surface area contributed by atoms with Crippen molar-refractivity contribution in [3.8, 4) is 0 Å². The third-order valence-corrected chi connectivity index (χ3v) is 10.7. The van der Waals surface area contributed by atoms with E-state index in [4.69, 9.17) is 139 Å². The Morgan fingerprint density at radius 3 is 1.37 bits per heavy atom. The Hall–Kier alpha value is 2.57. The summed E-state index contributed by atoms with van der Waals surface area (Å²) < 4.78 is 232. The Labute approximate surface area is 590 Å². The monoisotopic (exact) mass is 1380 g/mol. The van der Waals surface area contributed by atoms with Gasteiger partial charge in [0.25, 0.3) is 6.47 Å². The number of carbonyl (C=O) groups excluding carboxylic acids is 1. The number of nitrogens with two attached hydrogens (primary N) is 3. The average molecular weight is 1380 g/mol. The molecule has 0 aromatic rings. The quantitative estimate of drug-likeness (QED) is 0.0252. The molecule has 5 heterocycles. The number of hydrogen-bond donors (Lipinski definition) is 13. The molecule has 0 aromatic heterocycles. The molecule has 5 aliphatic heterocycles. The maximum atomic E-state index is 12.3. The summed E-state index contributed by atoms with van der Waals surface area (Å²) in [5.41, 5.74) is 18.2. The number of aliphatic carboxylic acids is 1. The van der Waals surface area contributed by atoms with Gasteiger partial charge in [0.1, 0.15) is 24.6 Å². The van der Waals surface area contributed by atoms with Crippen molar-refractivity contribution < 1.29 is 327 Å². The largest absolute Gasteiger partial charge is 1.00 e. The predicted octanol–water partition coefficient (Wildman–Crippen LogP) is -26.0. The van der Waals surface area contributed by atoms with Crippen LogP contribution in [0.1, 0.15) is 6.92 Å². The number of hydrogen-bond acceptors (Lipinski definition) is 37. The molecule has 0 bridgehead atoms. The van der Waals surface area contributed by atoms with Gasteiger partial charge in [-0.15, -0.1) is 0 Å². The summed E-state index contributed by atoms with van der Waals surface area (Å²) in [6, 6.07) is -3.93. The zero-order valence-electron chi connectivity index (χ0n) is 44.7. The van der Waals surface area contributed by atoms with Gasteiger partial charge in [0, 0.05) is 13.0 Å². The van der Waals surface area contributed by atoms with Gasteiger partial charge < -0.3 is 143 Å². The summed E-state index contributed by atoms with van der Waals surface area (Å²) in [7, 11) is -24.1. The van der Waals surface area contributed by atoms with E-state index < -0.39 is 205 Å². The van der Waals surface area contributed by atoms with Crippen LogP contribution in [-0.2, 0) is 118 Å². The second-order valence-corrected chi connectivity index (χ2v) is 20.5. The standard InChI is InChI=1S/C32H51N3O23S.5Na.4H2O4S/c1-8-16(37)22(54-30-14(34)18(39)17(38)10(3)50-30)25(26(42)43)56-27(8)52-13-6-12(33)28(49-9(13)2)55-23-20(41)24(58-59(44,45)46)32(57-31(23)48-7-36)53-21-11(4)51-29(47-5)15(35)19(21)40;;;;;;4*1-5(2,3)4/h6-25,27-32,37-41H,2-4,33-35H2,1,5H3,(H,42,43)(H,44,45,46);;;;;;4*(H2,1,2,3,4)/q-4;5*+1;;;;/p-5/t8?,9?,10?,11?,12?,13-,14?,15?,16-,17+,18-,19-,20+,21+,22-,23-,24?,25?,27-,28+,29-,30+,31?,32-;;;;;;;;;/m1........./s1. The van der Waals surface area contributed by atoms with Gasteiger partial charge >= 0.3 is 154 Å². The minimum absolute atomic E-state index is 0. The number of carboxylic acid groups (broad SMARTS) is 1. The number of methoxy groups -OCH3 is 1. The van der Waals surface area contributed by atoms with Crippen molar-refractivity contribution in [2.24, 2.45) is 23.1 Å². The molecule has 5 rings (SSSR count). The molecule has 16 N–H and O–H groups in total. The van der Waals surface area contributed by atoms with Gasteiger partial charge in [-0.3, -0.25) is 33.6 Å². The number of ether oxygens (including phenoxy) is 11. The van der Waals surface area contributed by atoms with Gasteiger partial charge in [-0.1, -0.05) is 25.2 Å². The maximum absolute atomic E-state index is 12.3. The predicted molar refractivity (Wildman–Crippen MR) is 232 cm³/mol. The Bertz CT molecular complexity index is 2360. The van der Waals surface area contributed by atoms with E-state index in [0.29, 0.717) is 0 Å². The summed E-state index contributed by atoms with van der Waals surface area (Å²) in [5, 5.41) is 63.6. The molecule has 5 saturated heterocycles. The van der Waals surface area contributed by atoms with Gasteiger partial charge in [-0.05, 0) is 12.2 Å². The maximum Gasteiger partial charge on any atom is 1.00 e.